The minimum Gasteiger partial charge on any atom is -0.475 e. The first-order valence-corrected chi connectivity index (χ1v) is 14.8. The smallest absolute Gasteiger partial charge is 0.410 e. The van der Waals surface area contributed by atoms with Crippen LogP contribution in [0.2, 0.25) is 0 Å². The van der Waals surface area contributed by atoms with Crippen molar-refractivity contribution in [3.8, 4) is 35.2 Å². The summed E-state index contributed by atoms with van der Waals surface area (Å²) >= 11 is 0. The van der Waals surface area contributed by atoms with Gasteiger partial charge in [0.25, 0.3) is 0 Å². The number of hydrogen-bond acceptors (Lipinski definition) is 8. The van der Waals surface area contributed by atoms with Gasteiger partial charge in [0.05, 0.1) is 23.7 Å². The molecule has 4 aromatic rings. The SMILES string of the molecule is C#Cc1c(F)ccc2cc(OCOC)cc(-c3nc4c5c(nn(C)c5c3F)N3C[C@H]5CC[C@@H]([C@H]3CO4)N5C(=O)OC(C)(C)C)c12. The van der Waals surface area contributed by atoms with Gasteiger partial charge >= 0.3 is 6.09 Å². The van der Waals surface area contributed by atoms with E-state index in [-0.39, 0.29) is 65.8 Å². The Bertz CT molecular complexity index is 1910. The number of rotatable bonds is 4. The van der Waals surface area contributed by atoms with E-state index in [0.717, 1.165) is 12.8 Å². The van der Waals surface area contributed by atoms with E-state index in [2.05, 4.69) is 10.8 Å². The Labute approximate surface area is 258 Å². The zero-order valence-corrected chi connectivity index (χ0v) is 25.7. The van der Waals surface area contributed by atoms with Crippen molar-refractivity contribution in [2.24, 2.45) is 7.05 Å². The molecule has 0 unspecified atom stereocenters. The van der Waals surface area contributed by atoms with Crippen molar-refractivity contribution < 1.29 is 32.5 Å². The summed E-state index contributed by atoms with van der Waals surface area (Å²) in [5.74, 6) is 2.24. The molecule has 1 amide bonds. The highest BCUT2D eigenvalue weighted by Crippen LogP contribution is 2.46. The highest BCUT2D eigenvalue weighted by molar-refractivity contribution is 6.04. The van der Waals surface area contributed by atoms with Crippen molar-refractivity contribution in [3.05, 3.63) is 41.5 Å². The van der Waals surface area contributed by atoms with Crippen molar-refractivity contribution >= 4 is 33.6 Å². The average molecular weight is 618 g/mol. The van der Waals surface area contributed by atoms with Crippen LogP contribution < -0.4 is 14.4 Å². The van der Waals surface area contributed by atoms with Crippen LogP contribution in [0.5, 0.6) is 11.6 Å². The van der Waals surface area contributed by atoms with Crippen LogP contribution in [0.1, 0.15) is 39.2 Å². The molecule has 10 nitrogen and oxygen atoms in total. The molecule has 2 fully saturated rings. The Morgan fingerprint density at radius 1 is 1.18 bits per heavy atom. The molecule has 2 bridgehead atoms. The van der Waals surface area contributed by atoms with Gasteiger partial charge in [0.2, 0.25) is 5.88 Å². The number of carbonyl (C=O) groups excluding carboxylic acids is 1. The van der Waals surface area contributed by atoms with Gasteiger partial charge in [-0.15, -0.1) is 6.42 Å². The van der Waals surface area contributed by atoms with E-state index in [0.29, 0.717) is 34.3 Å². The first kappa shape index (κ1) is 29.1. The van der Waals surface area contributed by atoms with Crippen molar-refractivity contribution in [3.63, 3.8) is 0 Å². The van der Waals surface area contributed by atoms with E-state index in [1.54, 1.807) is 25.2 Å². The summed E-state index contributed by atoms with van der Waals surface area (Å²) in [6.07, 6.45) is 6.98. The molecule has 0 radical (unpaired) electrons. The Balaban J connectivity index is 1.38. The third kappa shape index (κ3) is 4.60. The number of methoxy groups -OCH3 is 1. The van der Waals surface area contributed by atoms with E-state index < -0.39 is 17.2 Å². The van der Waals surface area contributed by atoms with E-state index in [9.17, 15) is 9.18 Å². The van der Waals surface area contributed by atoms with Gasteiger partial charge in [0.1, 0.15) is 40.4 Å². The first-order chi connectivity index (χ1) is 21.5. The molecule has 0 spiro atoms. The molecule has 2 aromatic carbocycles. The molecule has 3 aliphatic heterocycles. The third-order valence-corrected chi connectivity index (χ3v) is 8.72. The van der Waals surface area contributed by atoms with Gasteiger partial charge in [-0.25, -0.2) is 18.6 Å². The van der Waals surface area contributed by atoms with E-state index in [1.165, 1.54) is 17.9 Å². The fourth-order valence-electron chi connectivity index (χ4n) is 6.96. The molecule has 7 rings (SSSR count). The van der Waals surface area contributed by atoms with Gasteiger partial charge in [-0.1, -0.05) is 12.0 Å². The predicted octanol–water partition coefficient (Wildman–Crippen LogP) is 5.38. The molecule has 0 saturated carbocycles. The summed E-state index contributed by atoms with van der Waals surface area (Å²) in [5.41, 5.74) is -0.311. The maximum Gasteiger partial charge on any atom is 0.410 e. The highest BCUT2D eigenvalue weighted by atomic mass is 19.1. The van der Waals surface area contributed by atoms with Gasteiger partial charge in [-0.2, -0.15) is 5.10 Å². The summed E-state index contributed by atoms with van der Waals surface area (Å²) in [6.45, 7) is 6.17. The zero-order chi connectivity index (χ0) is 31.8. The van der Waals surface area contributed by atoms with Gasteiger partial charge in [0, 0.05) is 31.7 Å². The number of aromatic nitrogens is 3. The number of ether oxygens (including phenoxy) is 4. The number of anilines is 1. The summed E-state index contributed by atoms with van der Waals surface area (Å²) in [7, 11) is 3.15. The Hall–Kier alpha value is -4.63. The lowest BCUT2D eigenvalue weighted by atomic mass is 9.95. The third-order valence-electron chi connectivity index (χ3n) is 8.72. The number of pyridine rings is 1. The fraction of sp³-hybridized carbons (Fsp3) is 0.424. The average Bonchev–Trinajstić information content (AvgIpc) is 3.46. The largest absolute Gasteiger partial charge is 0.475 e. The van der Waals surface area contributed by atoms with E-state index in [1.807, 2.05) is 25.7 Å². The predicted molar refractivity (Wildman–Crippen MR) is 163 cm³/mol. The number of benzene rings is 2. The summed E-state index contributed by atoms with van der Waals surface area (Å²) in [4.78, 5) is 21.9. The van der Waals surface area contributed by atoms with Crippen LogP contribution in [0.3, 0.4) is 0 Å². The van der Waals surface area contributed by atoms with Gasteiger partial charge in [0.15, 0.2) is 18.4 Å². The second-order valence-corrected chi connectivity index (χ2v) is 12.7. The Morgan fingerprint density at radius 3 is 2.71 bits per heavy atom. The summed E-state index contributed by atoms with van der Waals surface area (Å²) in [6, 6.07) is 5.55. The Morgan fingerprint density at radius 2 is 1.98 bits per heavy atom. The van der Waals surface area contributed by atoms with Crippen LogP contribution in [-0.4, -0.2) is 76.5 Å². The normalized spacial score (nSPS) is 20.5. The number of amides is 1. The van der Waals surface area contributed by atoms with Crippen LogP contribution in [0.4, 0.5) is 19.4 Å². The Kier molecular flexibility index (Phi) is 6.78. The van der Waals surface area contributed by atoms with Crippen LogP contribution in [0, 0.1) is 24.0 Å². The monoisotopic (exact) mass is 617 g/mol. The maximum absolute atomic E-state index is 16.8. The van der Waals surface area contributed by atoms with Crippen LogP contribution in [0.15, 0.2) is 24.3 Å². The molecule has 45 heavy (non-hydrogen) atoms. The summed E-state index contributed by atoms with van der Waals surface area (Å²) in [5, 5.41) is 6.07. The minimum absolute atomic E-state index is 0.0186. The quantitative estimate of drug-likeness (QED) is 0.223. The molecule has 2 saturated heterocycles. The van der Waals surface area contributed by atoms with Gasteiger partial charge in [-0.3, -0.25) is 9.58 Å². The molecule has 5 heterocycles. The second-order valence-electron chi connectivity index (χ2n) is 12.7. The molecule has 3 atom stereocenters. The van der Waals surface area contributed by atoms with Crippen molar-refractivity contribution in [1.29, 1.82) is 0 Å². The molecular formula is C33H33F2N5O5. The molecule has 0 N–H and O–H groups in total. The number of hydrogen-bond donors (Lipinski definition) is 0. The molecule has 234 valence electrons. The van der Waals surface area contributed by atoms with Gasteiger partial charge in [-0.05, 0) is 57.2 Å². The van der Waals surface area contributed by atoms with E-state index in [4.69, 9.17) is 35.5 Å². The van der Waals surface area contributed by atoms with Crippen molar-refractivity contribution in [1.82, 2.24) is 19.7 Å². The number of halogens is 2. The van der Waals surface area contributed by atoms with Crippen LogP contribution >= 0.6 is 0 Å². The zero-order valence-electron chi connectivity index (χ0n) is 25.7. The topological polar surface area (TPSA) is 91.2 Å². The molecule has 0 aliphatic carbocycles. The number of piperazine rings is 1. The number of terminal acetylenes is 1. The fourth-order valence-corrected chi connectivity index (χ4v) is 6.96. The van der Waals surface area contributed by atoms with Crippen molar-refractivity contribution in [2.75, 3.05) is 32.0 Å². The molecular weight excluding hydrogens is 584 g/mol. The standard InChI is InChI=1S/C33H33F2N5O5/c1-7-20-22(34)10-8-17-12-19(44-16-42-6)13-21(25(17)20)28-27(35)29-26-30(37-38(29)5)39-14-18-9-11-23(24(39)15-43-31(26)36-28)40(18)32(41)45-33(2,3)4/h1,8,10,12-13,18,23-24H,9,11,14-16H2,2-6H3/t18-,23+,24-/m1/s1. The van der Waals surface area contributed by atoms with E-state index >= 15 is 4.39 Å². The minimum atomic E-state index is -0.662. The van der Waals surface area contributed by atoms with Crippen LogP contribution in [-0.2, 0) is 16.5 Å². The lowest BCUT2D eigenvalue weighted by molar-refractivity contribution is 0.00537. The number of aryl methyl sites for hydroxylation is 1. The molecule has 3 aliphatic rings. The van der Waals surface area contributed by atoms with Crippen molar-refractivity contribution in [2.45, 2.75) is 57.3 Å². The lowest BCUT2D eigenvalue weighted by Gasteiger charge is -2.46. The maximum atomic E-state index is 16.8. The van der Waals surface area contributed by atoms with Crippen LogP contribution in [0.25, 0.3) is 32.9 Å². The summed E-state index contributed by atoms with van der Waals surface area (Å²) < 4.78 is 56.1. The molecule has 2 aromatic heterocycles. The number of carbonyl (C=O) groups is 1. The number of fused-ring (bicyclic) bond motifs is 6. The number of nitrogens with zero attached hydrogens (tertiary/aromatic N) is 5. The molecule has 12 heteroatoms. The highest BCUT2D eigenvalue weighted by Gasteiger charge is 2.52. The van der Waals surface area contributed by atoms with Gasteiger partial charge < -0.3 is 23.8 Å². The first-order valence-electron chi connectivity index (χ1n) is 14.8. The second kappa shape index (κ2) is 10.5. The lowest BCUT2D eigenvalue weighted by Crippen LogP contribution is -2.63.